The van der Waals surface area contributed by atoms with Gasteiger partial charge in [0.15, 0.2) is 0 Å². The van der Waals surface area contributed by atoms with Gasteiger partial charge in [-0.3, -0.25) is 4.79 Å². The van der Waals surface area contributed by atoms with E-state index < -0.39 is 0 Å². The minimum atomic E-state index is -0.168. The van der Waals surface area contributed by atoms with E-state index in [0.717, 1.165) is 5.56 Å². The quantitative estimate of drug-likeness (QED) is 0.544. The molecule has 0 saturated heterocycles. The maximum atomic E-state index is 11.4. The maximum Gasteiger partial charge on any atom is 0.309 e. The zero-order valence-corrected chi connectivity index (χ0v) is 8.98. The number of methoxy groups -OCH3 is 1. The molecule has 0 aliphatic heterocycles. The van der Waals surface area contributed by atoms with Crippen molar-refractivity contribution in [3.05, 3.63) is 48.6 Å². The van der Waals surface area contributed by atoms with Gasteiger partial charge in [-0.25, -0.2) is 0 Å². The average molecular weight is 204 g/mol. The van der Waals surface area contributed by atoms with E-state index in [0.29, 0.717) is 12.8 Å². The second kappa shape index (κ2) is 6.02. The second-order valence-electron chi connectivity index (χ2n) is 3.43. The van der Waals surface area contributed by atoms with Gasteiger partial charge in [0.25, 0.3) is 0 Å². The molecule has 1 rings (SSSR count). The van der Waals surface area contributed by atoms with Gasteiger partial charge in [-0.15, -0.1) is 6.58 Å². The molecule has 0 unspecified atom stereocenters. The van der Waals surface area contributed by atoms with Crippen molar-refractivity contribution in [1.29, 1.82) is 0 Å². The van der Waals surface area contributed by atoms with Gasteiger partial charge >= 0.3 is 5.97 Å². The minimum absolute atomic E-state index is 0.116. The summed E-state index contributed by atoms with van der Waals surface area (Å²) in [7, 11) is 1.42. The van der Waals surface area contributed by atoms with E-state index in [2.05, 4.69) is 6.58 Å². The van der Waals surface area contributed by atoms with Crippen molar-refractivity contribution in [3.8, 4) is 0 Å². The Morgan fingerprint density at radius 2 is 2.13 bits per heavy atom. The summed E-state index contributed by atoms with van der Waals surface area (Å²) in [5.41, 5.74) is 1.15. The van der Waals surface area contributed by atoms with E-state index in [1.54, 1.807) is 6.08 Å². The Hall–Kier alpha value is -1.57. The monoisotopic (exact) mass is 204 g/mol. The van der Waals surface area contributed by atoms with Gasteiger partial charge in [0.2, 0.25) is 0 Å². The van der Waals surface area contributed by atoms with Crippen molar-refractivity contribution in [2.24, 2.45) is 5.92 Å². The van der Waals surface area contributed by atoms with Crippen LogP contribution in [-0.4, -0.2) is 13.1 Å². The lowest BCUT2D eigenvalue weighted by Crippen LogP contribution is -2.18. The lowest BCUT2D eigenvalue weighted by molar-refractivity contribution is -0.145. The molecule has 2 heteroatoms. The van der Waals surface area contributed by atoms with E-state index in [-0.39, 0.29) is 11.9 Å². The standard InChI is InChI=1S/C13H16O2/c1-3-7-12(13(14)15-2)10-11-8-5-4-6-9-11/h3-6,8-9,12H,1,7,10H2,2H3/t12-/m0/s1. The third-order valence-corrected chi connectivity index (χ3v) is 2.31. The molecule has 2 nitrogen and oxygen atoms in total. The lowest BCUT2D eigenvalue weighted by atomic mass is 9.96. The number of hydrogen-bond acceptors (Lipinski definition) is 2. The van der Waals surface area contributed by atoms with Crippen molar-refractivity contribution >= 4 is 5.97 Å². The number of allylic oxidation sites excluding steroid dienone is 1. The van der Waals surface area contributed by atoms with Crippen LogP contribution in [0.5, 0.6) is 0 Å². The minimum Gasteiger partial charge on any atom is -0.469 e. The number of rotatable bonds is 5. The van der Waals surface area contributed by atoms with Gasteiger partial charge in [0.1, 0.15) is 0 Å². The lowest BCUT2D eigenvalue weighted by Gasteiger charge is -2.12. The van der Waals surface area contributed by atoms with Gasteiger partial charge in [-0.1, -0.05) is 36.4 Å². The number of esters is 1. The molecule has 0 saturated carbocycles. The molecule has 80 valence electrons. The molecule has 0 N–H and O–H groups in total. The SMILES string of the molecule is C=CC[C@@H](Cc1ccccc1)C(=O)OC. The smallest absolute Gasteiger partial charge is 0.309 e. The van der Waals surface area contributed by atoms with Gasteiger partial charge < -0.3 is 4.74 Å². The van der Waals surface area contributed by atoms with E-state index in [1.807, 2.05) is 30.3 Å². The third-order valence-electron chi connectivity index (χ3n) is 2.31. The Labute approximate surface area is 90.6 Å². The summed E-state index contributed by atoms with van der Waals surface area (Å²) in [6.45, 7) is 3.65. The van der Waals surface area contributed by atoms with Crippen LogP contribution in [-0.2, 0) is 16.0 Å². The van der Waals surface area contributed by atoms with Crippen molar-refractivity contribution < 1.29 is 9.53 Å². The zero-order chi connectivity index (χ0) is 11.1. The molecule has 0 bridgehead atoms. The molecule has 0 radical (unpaired) electrons. The summed E-state index contributed by atoms with van der Waals surface area (Å²) in [5.74, 6) is -0.284. The summed E-state index contributed by atoms with van der Waals surface area (Å²) in [6.07, 6.45) is 3.12. The largest absolute Gasteiger partial charge is 0.469 e. The van der Waals surface area contributed by atoms with E-state index in [4.69, 9.17) is 4.74 Å². The van der Waals surface area contributed by atoms with Crippen LogP contribution in [0.15, 0.2) is 43.0 Å². The van der Waals surface area contributed by atoms with Gasteiger partial charge in [0.05, 0.1) is 13.0 Å². The second-order valence-corrected chi connectivity index (χ2v) is 3.43. The predicted molar refractivity (Wildman–Crippen MR) is 60.5 cm³/mol. The number of ether oxygens (including phenoxy) is 1. The fraction of sp³-hybridized carbons (Fsp3) is 0.308. The molecule has 0 fully saturated rings. The molecular weight excluding hydrogens is 188 g/mol. The molecule has 0 spiro atoms. The highest BCUT2D eigenvalue weighted by molar-refractivity contribution is 5.72. The maximum absolute atomic E-state index is 11.4. The van der Waals surface area contributed by atoms with Gasteiger partial charge in [-0.05, 0) is 18.4 Å². The summed E-state index contributed by atoms with van der Waals surface area (Å²) in [4.78, 5) is 11.4. The summed E-state index contributed by atoms with van der Waals surface area (Å²) >= 11 is 0. The number of carbonyl (C=O) groups is 1. The molecule has 0 aliphatic carbocycles. The number of benzene rings is 1. The van der Waals surface area contributed by atoms with Crippen LogP contribution in [0.2, 0.25) is 0 Å². The van der Waals surface area contributed by atoms with Crippen molar-refractivity contribution in [1.82, 2.24) is 0 Å². The molecule has 1 aromatic rings. The van der Waals surface area contributed by atoms with Crippen LogP contribution in [0.25, 0.3) is 0 Å². The normalized spacial score (nSPS) is 11.8. The first-order chi connectivity index (χ1) is 7.27. The van der Waals surface area contributed by atoms with E-state index in [1.165, 1.54) is 7.11 Å². The van der Waals surface area contributed by atoms with Gasteiger partial charge in [0, 0.05) is 0 Å². The fourth-order valence-corrected chi connectivity index (χ4v) is 1.53. The Morgan fingerprint density at radius 1 is 1.47 bits per heavy atom. The molecule has 0 heterocycles. The summed E-state index contributed by atoms with van der Waals surface area (Å²) in [5, 5.41) is 0. The molecule has 15 heavy (non-hydrogen) atoms. The van der Waals surface area contributed by atoms with E-state index >= 15 is 0 Å². The Kier molecular flexibility index (Phi) is 4.61. The molecule has 0 aromatic heterocycles. The molecule has 0 amide bonds. The molecular formula is C13H16O2. The third kappa shape index (κ3) is 3.58. The van der Waals surface area contributed by atoms with Crippen LogP contribution in [0.1, 0.15) is 12.0 Å². The average Bonchev–Trinajstić information content (AvgIpc) is 2.29. The van der Waals surface area contributed by atoms with Crippen molar-refractivity contribution in [2.45, 2.75) is 12.8 Å². The first-order valence-electron chi connectivity index (χ1n) is 5.00. The highest BCUT2D eigenvalue weighted by Gasteiger charge is 2.17. The van der Waals surface area contributed by atoms with Crippen LogP contribution in [0, 0.1) is 5.92 Å². The zero-order valence-electron chi connectivity index (χ0n) is 8.98. The summed E-state index contributed by atoms with van der Waals surface area (Å²) in [6, 6.07) is 9.93. The topological polar surface area (TPSA) is 26.3 Å². The van der Waals surface area contributed by atoms with Crippen molar-refractivity contribution in [2.75, 3.05) is 7.11 Å². The number of hydrogen-bond donors (Lipinski definition) is 0. The summed E-state index contributed by atoms with van der Waals surface area (Å²) < 4.78 is 4.75. The molecule has 0 aliphatic rings. The molecule has 1 atom stereocenters. The van der Waals surface area contributed by atoms with Crippen LogP contribution in [0.3, 0.4) is 0 Å². The van der Waals surface area contributed by atoms with Crippen molar-refractivity contribution in [3.63, 3.8) is 0 Å². The van der Waals surface area contributed by atoms with Crippen LogP contribution in [0.4, 0.5) is 0 Å². The first-order valence-corrected chi connectivity index (χ1v) is 5.00. The number of carbonyl (C=O) groups excluding carboxylic acids is 1. The Bertz CT molecular complexity index is 317. The highest BCUT2D eigenvalue weighted by atomic mass is 16.5. The molecule has 1 aromatic carbocycles. The van der Waals surface area contributed by atoms with Gasteiger partial charge in [-0.2, -0.15) is 0 Å². The Balaban J connectivity index is 2.66. The predicted octanol–water partition coefficient (Wildman–Crippen LogP) is 2.59. The van der Waals surface area contributed by atoms with Crippen LogP contribution < -0.4 is 0 Å². The highest BCUT2D eigenvalue weighted by Crippen LogP contribution is 2.14. The fourth-order valence-electron chi connectivity index (χ4n) is 1.53. The first kappa shape index (κ1) is 11.5. The van der Waals surface area contributed by atoms with E-state index in [9.17, 15) is 4.79 Å². The Morgan fingerprint density at radius 3 is 2.67 bits per heavy atom. The van der Waals surface area contributed by atoms with Crippen LogP contribution >= 0.6 is 0 Å².